The van der Waals surface area contributed by atoms with Crippen LogP contribution in [0.15, 0.2) is 42.6 Å². The Labute approximate surface area is 93.7 Å². The third-order valence-corrected chi connectivity index (χ3v) is 2.24. The third-order valence-electron chi connectivity index (χ3n) is 2.24. The Hall–Kier alpha value is -1.90. The summed E-state index contributed by atoms with van der Waals surface area (Å²) in [5, 5.41) is 0. The Morgan fingerprint density at radius 3 is 2.69 bits per heavy atom. The summed E-state index contributed by atoms with van der Waals surface area (Å²) in [6.45, 7) is 2.13. The van der Waals surface area contributed by atoms with Gasteiger partial charge in [-0.05, 0) is 18.6 Å². The van der Waals surface area contributed by atoms with E-state index in [0.717, 1.165) is 5.56 Å². The Kier molecular flexibility index (Phi) is 3.15. The second-order valence-electron chi connectivity index (χ2n) is 3.55. The Bertz CT molecular complexity index is 471. The van der Waals surface area contributed by atoms with Gasteiger partial charge in [-0.15, -0.1) is 0 Å². The molecule has 0 saturated heterocycles. The SMILES string of the molecule is Cc1cc(OCc2ccccc2)cnc1F. The smallest absolute Gasteiger partial charge is 0.215 e. The van der Waals surface area contributed by atoms with Crippen LogP contribution in [0.5, 0.6) is 5.75 Å². The van der Waals surface area contributed by atoms with E-state index in [1.54, 1.807) is 13.0 Å². The Morgan fingerprint density at radius 1 is 1.25 bits per heavy atom. The van der Waals surface area contributed by atoms with Crippen molar-refractivity contribution < 1.29 is 9.13 Å². The average Bonchev–Trinajstić information content (AvgIpc) is 2.32. The van der Waals surface area contributed by atoms with Crippen LogP contribution in [0.2, 0.25) is 0 Å². The fourth-order valence-electron chi connectivity index (χ4n) is 1.35. The van der Waals surface area contributed by atoms with Gasteiger partial charge in [0.25, 0.3) is 0 Å². The molecule has 0 amide bonds. The van der Waals surface area contributed by atoms with Crippen LogP contribution in [0.3, 0.4) is 0 Å². The lowest BCUT2D eigenvalue weighted by Crippen LogP contribution is -1.97. The number of aromatic nitrogens is 1. The molecule has 1 aromatic carbocycles. The van der Waals surface area contributed by atoms with Gasteiger partial charge in [0, 0.05) is 5.56 Å². The van der Waals surface area contributed by atoms with E-state index in [9.17, 15) is 4.39 Å². The minimum absolute atomic E-state index is 0.452. The zero-order valence-electron chi connectivity index (χ0n) is 8.98. The topological polar surface area (TPSA) is 22.1 Å². The fourth-order valence-corrected chi connectivity index (χ4v) is 1.35. The van der Waals surface area contributed by atoms with Crippen molar-refractivity contribution in [1.29, 1.82) is 0 Å². The van der Waals surface area contributed by atoms with Gasteiger partial charge in [-0.2, -0.15) is 4.39 Å². The number of halogens is 1. The van der Waals surface area contributed by atoms with Crippen LogP contribution in [0.1, 0.15) is 11.1 Å². The van der Waals surface area contributed by atoms with E-state index >= 15 is 0 Å². The highest BCUT2D eigenvalue weighted by Gasteiger charge is 2.01. The van der Waals surface area contributed by atoms with Gasteiger partial charge in [-0.3, -0.25) is 0 Å². The molecule has 16 heavy (non-hydrogen) atoms. The van der Waals surface area contributed by atoms with Crippen molar-refractivity contribution in [3.05, 3.63) is 59.7 Å². The van der Waals surface area contributed by atoms with E-state index in [0.29, 0.717) is 17.9 Å². The molecule has 3 heteroatoms. The van der Waals surface area contributed by atoms with Crippen molar-refractivity contribution in [2.45, 2.75) is 13.5 Å². The van der Waals surface area contributed by atoms with Gasteiger partial charge in [-0.1, -0.05) is 30.3 Å². The number of benzene rings is 1. The Morgan fingerprint density at radius 2 is 2.00 bits per heavy atom. The quantitative estimate of drug-likeness (QED) is 0.737. The number of aryl methyl sites for hydroxylation is 1. The molecule has 0 saturated carbocycles. The molecule has 0 aliphatic rings. The minimum Gasteiger partial charge on any atom is -0.487 e. The van der Waals surface area contributed by atoms with E-state index in [2.05, 4.69) is 4.98 Å². The van der Waals surface area contributed by atoms with E-state index < -0.39 is 5.95 Å². The second kappa shape index (κ2) is 4.75. The maximum atomic E-state index is 12.9. The van der Waals surface area contributed by atoms with Crippen LogP contribution in [0.25, 0.3) is 0 Å². The summed E-state index contributed by atoms with van der Waals surface area (Å²) in [6, 6.07) is 11.5. The van der Waals surface area contributed by atoms with Crippen molar-refractivity contribution in [3.8, 4) is 5.75 Å². The second-order valence-corrected chi connectivity index (χ2v) is 3.55. The van der Waals surface area contributed by atoms with Crippen LogP contribution in [-0.2, 0) is 6.61 Å². The number of nitrogens with zero attached hydrogens (tertiary/aromatic N) is 1. The molecule has 0 radical (unpaired) electrons. The number of ether oxygens (including phenoxy) is 1. The van der Waals surface area contributed by atoms with Crippen LogP contribution in [0, 0.1) is 12.9 Å². The summed E-state index contributed by atoms with van der Waals surface area (Å²) >= 11 is 0. The van der Waals surface area contributed by atoms with Crippen molar-refractivity contribution in [2.24, 2.45) is 0 Å². The number of hydrogen-bond donors (Lipinski definition) is 0. The average molecular weight is 217 g/mol. The number of hydrogen-bond acceptors (Lipinski definition) is 2. The first-order valence-electron chi connectivity index (χ1n) is 5.04. The molecule has 0 atom stereocenters. The lowest BCUT2D eigenvalue weighted by atomic mass is 10.2. The van der Waals surface area contributed by atoms with Crippen LogP contribution < -0.4 is 4.74 Å². The standard InChI is InChI=1S/C13H12FNO/c1-10-7-12(8-15-13(10)14)16-9-11-5-3-2-4-6-11/h2-8H,9H2,1H3. The first kappa shape index (κ1) is 10.6. The van der Waals surface area contributed by atoms with Gasteiger partial charge in [-0.25, -0.2) is 4.98 Å². The molecule has 1 heterocycles. The number of rotatable bonds is 3. The van der Waals surface area contributed by atoms with Gasteiger partial charge >= 0.3 is 0 Å². The first-order valence-corrected chi connectivity index (χ1v) is 5.04. The molecule has 82 valence electrons. The molecule has 0 N–H and O–H groups in total. The monoisotopic (exact) mass is 217 g/mol. The van der Waals surface area contributed by atoms with Crippen molar-refractivity contribution in [1.82, 2.24) is 4.98 Å². The lowest BCUT2D eigenvalue weighted by molar-refractivity contribution is 0.303. The van der Waals surface area contributed by atoms with Crippen molar-refractivity contribution >= 4 is 0 Å². The highest BCUT2D eigenvalue weighted by atomic mass is 19.1. The molecule has 0 fully saturated rings. The molecule has 0 unspecified atom stereocenters. The van der Waals surface area contributed by atoms with E-state index in [1.807, 2.05) is 30.3 Å². The third kappa shape index (κ3) is 2.57. The summed E-state index contributed by atoms with van der Waals surface area (Å²) in [4.78, 5) is 3.60. The highest BCUT2D eigenvalue weighted by Crippen LogP contribution is 2.14. The Balaban J connectivity index is 2.03. The highest BCUT2D eigenvalue weighted by molar-refractivity contribution is 5.24. The summed E-state index contributed by atoms with van der Waals surface area (Å²) in [6.07, 6.45) is 1.39. The predicted molar refractivity (Wildman–Crippen MR) is 59.7 cm³/mol. The molecule has 2 rings (SSSR count). The summed E-state index contributed by atoms with van der Waals surface area (Å²) < 4.78 is 18.4. The fraction of sp³-hybridized carbons (Fsp3) is 0.154. The molecule has 0 aliphatic carbocycles. The molecular weight excluding hydrogens is 205 g/mol. The zero-order valence-corrected chi connectivity index (χ0v) is 8.98. The van der Waals surface area contributed by atoms with Crippen molar-refractivity contribution in [3.63, 3.8) is 0 Å². The van der Waals surface area contributed by atoms with E-state index in [-0.39, 0.29) is 0 Å². The predicted octanol–water partition coefficient (Wildman–Crippen LogP) is 3.11. The van der Waals surface area contributed by atoms with Gasteiger partial charge in [0.1, 0.15) is 12.4 Å². The van der Waals surface area contributed by atoms with E-state index in [1.165, 1.54) is 6.20 Å². The molecule has 0 spiro atoms. The maximum absolute atomic E-state index is 12.9. The van der Waals surface area contributed by atoms with Gasteiger partial charge in [0.15, 0.2) is 0 Å². The minimum atomic E-state index is -0.452. The molecular formula is C13H12FNO. The van der Waals surface area contributed by atoms with Crippen LogP contribution >= 0.6 is 0 Å². The van der Waals surface area contributed by atoms with Crippen LogP contribution in [-0.4, -0.2) is 4.98 Å². The van der Waals surface area contributed by atoms with Gasteiger partial charge in [0.05, 0.1) is 6.20 Å². The molecule has 2 aromatic rings. The molecule has 1 aromatic heterocycles. The van der Waals surface area contributed by atoms with E-state index in [4.69, 9.17) is 4.74 Å². The van der Waals surface area contributed by atoms with Crippen molar-refractivity contribution in [2.75, 3.05) is 0 Å². The molecule has 0 aliphatic heterocycles. The zero-order chi connectivity index (χ0) is 11.4. The summed E-state index contributed by atoms with van der Waals surface area (Å²) in [5.41, 5.74) is 1.56. The van der Waals surface area contributed by atoms with Crippen LogP contribution in [0.4, 0.5) is 4.39 Å². The summed E-state index contributed by atoms with van der Waals surface area (Å²) in [7, 11) is 0. The normalized spacial score (nSPS) is 10.1. The maximum Gasteiger partial charge on any atom is 0.215 e. The van der Waals surface area contributed by atoms with Gasteiger partial charge in [0.2, 0.25) is 5.95 Å². The molecule has 0 bridgehead atoms. The summed E-state index contributed by atoms with van der Waals surface area (Å²) in [5.74, 6) is 0.134. The number of pyridine rings is 1. The first-order chi connectivity index (χ1) is 7.75. The molecule has 2 nitrogen and oxygen atoms in total. The largest absolute Gasteiger partial charge is 0.487 e. The van der Waals surface area contributed by atoms with Gasteiger partial charge < -0.3 is 4.74 Å². The lowest BCUT2D eigenvalue weighted by Gasteiger charge is -2.06.